The van der Waals surface area contributed by atoms with Crippen LogP contribution in [0.1, 0.15) is 47.1 Å². The van der Waals surface area contributed by atoms with E-state index in [4.69, 9.17) is 50.3 Å². The Morgan fingerprint density at radius 2 is 1.25 bits per heavy atom. The average molecular weight is 1010 g/mol. The van der Waals surface area contributed by atoms with Gasteiger partial charge in [0.2, 0.25) is 0 Å². The van der Waals surface area contributed by atoms with Gasteiger partial charge < -0.3 is 81.0 Å². The van der Waals surface area contributed by atoms with E-state index in [1.165, 1.54) is 19.1 Å². The van der Waals surface area contributed by atoms with E-state index < -0.39 is 129 Å². The summed E-state index contributed by atoms with van der Waals surface area (Å²) in [5, 5.41) is 98.6. The van der Waals surface area contributed by atoms with Gasteiger partial charge in [-0.05, 0) is 62.5 Å². The van der Waals surface area contributed by atoms with Crippen molar-refractivity contribution in [2.24, 2.45) is 0 Å². The van der Waals surface area contributed by atoms with Gasteiger partial charge in [0, 0.05) is 19.6 Å². The summed E-state index contributed by atoms with van der Waals surface area (Å²) >= 11 is 0. The molecule has 0 radical (unpaired) electrons. The molecule has 1 aliphatic rings. The van der Waals surface area contributed by atoms with E-state index in [-0.39, 0.29) is 49.1 Å². The van der Waals surface area contributed by atoms with Crippen molar-refractivity contribution in [3.63, 3.8) is 0 Å². The van der Waals surface area contributed by atoms with E-state index in [9.17, 15) is 60.1 Å². The predicted octanol–water partition coefficient (Wildman–Crippen LogP) is -2.35. The molecule has 1 fully saturated rings. The molecule has 3 aromatic rings. The average Bonchev–Trinajstić information content (AvgIpc) is 3.65. The smallest absolute Gasteiger partial charge is 0.394 e. The largest absolute Gasteiger partial charge is 0.454 e. The minimum absolute atomic E-state index is 0.00603. The minimum Gasteiger partial charge on any atom is -0.394 e. The quantitative estimate of drug-likeness (QED) is 0.0442. The zero-order valence-electron chi connectivity index (χ0n) is 35.8. The molecule has 0 unspecified atom stereocenters. The fourth-order valence-electron chi connectivity index (χ4n) is 6.09. The molecule has 4 rings (SSSR count). The number of ether oxygens (including phenoxy) is 2. The second-order valence-corrected chi connectivity index (χ2v) is 16.2. The number of halogens is 7. The van der Waals surface area contributed by atoms with Gasteiger partial charge in [0.25, 0.3) is 0 Å². The summed E-state index contributed by atoms with van der Waals surface area (Å²) in [5.41, 5.74) is -4.31. The van der Waals surface area contributed by atoms with E-state index >= 15 is 0 Å². The summed E-state index contributed by atoms with van der Waals surface area (Å²) < 4.78 is 117. The fourth-order valence-corrected chi connectivity index (χ4v) is 6.60. The van der Waals surface area contributed by atoms with Crippen LogP contribution in [0.25, 0.3) is 0 Å². The second-order valence-electron chi connectivity index (χ2n) is 14.8. The number of aromatic amines is 1. The van der Waals surface area contributed by atoms with Crippen molar-refractivity contribution in [1.82, 2.24) is 30.1 Å². The third-order valence-corrected chi connectivity index (χ3v) is 10.4. The van der Waals surface area contributed by atoms with Crippen molar-refractivity contribution >= 4 is 7.75 Å². The molecule has 0 saturated carbocycles. The molecule has 1 aromatic heterocycles. The summed E-state index contributed by atoms with van der Waals surface area (Å²) in [4.78, 5) is 34.3. The molecule has 0 amide bonds. The number of likely N-dealkylation sites (N-methyl/N-ethyl adjacent to an activating group) is 2. The number of nitrogens with one attached hydrogen (secondary N) is 3. The second kappa shape index (κ2) is 26.4. The summed E-state index contributed by atoms with van der Waals surface area (Å²) in [7, 11) is -1.92. The van der Waals surface area contributed by atoms with Gasteiger partial charge in [-0.15, -0.1) is 9.55 Å². The zero-order chi connectivity index (χ0) is 51.2. The summed E-state index contributed by atoms with van der Waals surface area (Å²) in [6.45, 7) is -0.0952. The van der Waals surface area contributed by atoms with Crippen molar-refractivity contribution in [3.8, 4) is 0 Å². The molecule has 67 heavy (non-hydrogen) atoms. The lowest BCUT2D eigenvalue weighted by Gasteiger charge is -2.41. The lowest BCUT2D eigenvalue weighted by molar-refractivity contribution is -0.231. The Kier molecular flexibility index (Phi) is 23.5. The summed E-state index contributed by atoms with van der Waals surface area (Å²) in [6, 6.07) is 5.01. The first-order chi connectivity index (χ1) is 31.0. The number of hydrogen-bond donors (Lipinski definition) is 15. The highest BCUT2D eigenvalue weighted by atomic mass is 31.2. The van der Waals surface area contributed by atoms with Crippen LogP contribution in [0.3, 0.4) is 0 Å². The molecule has 11 atom stereocenters. The third-order valence-electron chi connectivity index (χ3n) is 9.67. The van der Waals surface area contributed by atoms with E-state index in [2.05, 4.69) is 20.7 Å². The van der Waals surface area contributed by atoms with E-state index in [0.717, 1.165) is 12.1 Å². The molecule has 22 nitrogen and oxygen atoms in total. The van der Waals surface area contributed by atoms with Gasteiger partial charge in [0.1, 0.15) is 48.3 Å². The molecule has 1 saturated heterocycles. The normalized spacial score (nSPS) is 20.2. The molecule has 0 aliphatic carbocycles. The highest BCUT2D eigenvalue weighted by molar-refractivity contribution is 7.49. The number of rotatable bonds is 19. The van der Waals surface area contributed by atoms with Gasteiger partial charge in [-0.3, -0.25) is 9.88 Å². The van der Waals surface area contributed by atoms with Crippen LogP contribution in [0.4, 0.5) is 30.7 Å². The highest BCUT2D eigenvalue weighted by Gasteiger charge is 2.40. The number of nitrogens with zero attached hydrogens (tertiary/aromatic N) is 3. The molecule has 0 spiro atoms. The lowest BCUT2D eigenvalue weighted by atomic mass is 10.0. The number of H-pyrrole nitrogens is 1. The number of aromatic nitrogens is 3. The van der Waals surface area contributed by atoms with Gasteiger partial charge >= 0.3 is 25.8 Å². The van der Waals surface area contributed by atoms with Crippen LogP contribution in [0.15, 0.2) is 47.3 Å². The summed E-state index contributed by atoms with van der Waals surface area (Å²) in [6.07, 6.45) is -24.1. The van der Waals surface area contributed by atoms with Gasteiger partial charge in [-0.25, -0.2) is 13.8 Å². The van der Waals surface area contributed by atoms with Crippen molar-refractivity contribution in [2.75, 3.05) is 53.6 Å². The van der Waals surface area contributed by atoms with E-state index in [0.29, 0.717) is 17.7 Å². The van der Waals surface area contributed by atoms with Crippen LogP contribution in [0, 0.1) is 5.82 Å². The maximum Gasteiger partial charge on any atom is 0.454 e. The predicted molar refractivity (Wildman–Crippen MR) is 216 cm³/mol. The molecule has 0 bridgehead atoms. The van der Waals surface area contributed by atoms with Gasteiger partial charge in [0.05, 0.1) is 61.8 Å². The Balaban J connectivity index is 0.000000484. The van der Waals surface area contributed by atoms with Crippen molar-refractivity contribution in [1.29, 1.82) is 0 Å². The Bertz CT molecular complexity index is 1970. The van der Waals surface area contributed by atoms with Crippen LogP contribution in [0.5, 0.6) is 0 Å². The van der Waals surface area contributed by atoms with E-state index in [1.54, 1.807) is 19.0 Å². The first kappa shape index (κ1) is 59.6. The van der Waals surface area contributed by atoms with Crippen LogP contribution in [0.2, 0.25) is 0 Å². The molecular formula is C37H56F7N6O16P. The number of aliphatic hydroxyl groups excluding tert-OH is 10. The highest BCUT2D eigenvalue weighted by Crippen LogP contribution is 2.40. The monoisotopic (exact) mass is 1010 g/mol. The van der Waals surface area contributed by atoms with Crippen LogP contribution >= 0.6 is 7.75 Å². The molecule has 2 heterocycles. The van der Waals surface area contributed by atoms with Crippen molar-refractivity contribution < 1.29 is 106 Å². The standard InChI is InChI=1S/C23H22F7N4O6P.2C7H17NO5/c1-12(14-8-15(22(25,26)27)10-16(9-14)23(28,29)30)40-20-19(13-2-4-17(24)5-3-13)33(6-7-39-20)11-18-31-21(35)34(32-18)41(36,37)38;2*1-8-2-4(10)6(12)7(13)5(11)3-9/h2-5,8-10,12,19-20H,6-7,11H2,1H3,(H,31,32,35)(H2,36,37,38);2*4-13H,2-3H2,1H3/t12-,19+,20-;2*4-,5+,6+,7+/m100/s1/i2+1,3+1,4+1,5+1,13+1,17+1;;. The van der Waals surface area contributed by atoms with Gasteiger partial charge in [0.15, 0.2) is 6.29 Å². The van der Waals surface area contributed by atoms with Crippen molar-refractivity contribution in [2.45, 2.75) is 93.1 Å². The maximum atomic E-state index is 13.7. The number of alkyl halides is 6. The number of benzene rings is 2. The Labute approximate surface area is 376 Å². The topological polar surface area (TPSA) is 356 Å². The minimum atomic E-state index is -5.07. The molecule has 2 aromatic carbocycles. The fraction of sp³-hybridized carbons (Fsp3) is 0.622. The molecule has 1 aliphatic heterocycles. The number of aliphatic hydroxyl groups is 10. The first-order valence-electron chi connectivity index (χ1n) is 19.8. The Morgan fingerprint density at radius 1 is 0.806 bits per heavy atom. The van der Waals surface area contributed by atoms with Crippen molar-refractivity contribution in [3.05, 3.63) is 86.8 Å². The van der Waals surface area contributed by atoms with Gasteiger partial charge in [-0.1, -0.05) is 12.1 Å². The number of hydrogen-bond acceptors (Lipinski definition) is 18. The molecule has 30 heteroatoms. The third kappa shape index (κ3) is 18.0. The van der Waals surface area contributed by atoms with Crippen LogP contribution in [-0.4, -0.2) is 189 Å². The van der Waals surface area contributed by atoms with Crippen LogP contribution < -0.4 is 16.3 Å². The SMILES string of the molecule is CNC[C@H](O)[C@@H](O)[C@H](O)[C@H](O)CO.CNC[C@H](O)[C@@H](O)[C@H](O)[C@H](O)CO.C[C@@H](O[C@H]1OCCN(Cc2nn(P(=O)(O)O)c(=O)[nH]2)[C@H]1[13c]1[13cH][13cH][13c](F)[13cH][13cH]1)c1cc(C(F)(F)F)cc(C(F)(F)F)c1. The Hall–Kier alpha value is -3.56. The van der Waals surface area contributed by atoms with Crippen LogP contribution in [-0.2, 0) is 32.9 Å². The molecule has 15 N–H and O–H groups in total. The molecule has 384 valence electrons. The zero-order valence-corrected chi connectivity index (χ0v) is 36.7. The van der Waals surface area contributed by atoms with E-state index in [1.807, 2.05) is 0 Å². The maximum absolute atomic E-state index is 13.7. The number of morpholine rings is 1. The summed E-state index contributed by atoms with van der Waals surface area (Å²) in [5.74, 6) is -0.775. The molecular weight excluding hydrogens is 954 g/mol. The Morgan fingerprint density at radius 3 is 1.64 bits per heavy atom. The first-order valence-corrected chi connectivity index (χ1v) is 21.3. The van der Waals surface area contributed by atoms with Gasteiger partial charge in [-0.2, -0.15) is 26.3 Å². The lowest BCUT2D eigenvalue weighted by Crippen LogP contribution is -2.48.